The van der Waals surface area contributed by atoms with Crippen molar-refractivity contribution < 1.29 is 35.8 Å². The zero-order valence-electron chi connectivity index (χ0n) is 28.2. The molecule has 0 bridgehead atoms. The first kappa shape index (κ1) is 42.4. The summed E-state index contributed by atoms with van der Waals surface area (Å²) in [6, 6.07) is 2.21. The predicted molar refractivity (Wildman–Crippen MR) is 179 cm³/mol. The minimum Gasteiger partial charge on any atom is -1.00 e. The third-order valence-electron chi connectivity index (χ3n) is 7.21. The SMILES string of the molecule is CCCCCCCCCCCCCCCCCCOCC(CSCCOCCOCC[N+](C)(C)C)Oc1ncccn1.[Cl-]. The Hall–Kier alpha value is -0.640. The van der Waals surface area contributed by atoms with Gasteiger partial charge in [0.1, 0.15) is 12.6 Å². The van der Waals surface area contributed by atoms with Gasteiger partial charge in [-0.2, -0.15) is 11.8 Å². The average molecular weight is 648 g/mol. The van der Waals surface area contributed by atoms with Crippen LogP contribution in [0.3, 0.4) is 0 Å². The second kappa shape index (κ2) is 31.3. The number of thioether (sulfide) groups is 1. The monoisotopic (exact) mass is 647 g/mol. The fourth-order valence-electron chi connectivity index (χ4n) is 4.57. The van der Waals surface area contributed by atoms with Gasteiger partial charge in [0, 0.05) is 30.5 Å². The number of nitrogens with zero attached hydrogens (tertiary/aromatic N) is 3. The van der Waals surface area contributed by atoms with Crippen molar-refractivity contribution in [3.63, 3.8) is 0 Å². The van der Waals surface area contributed by atoms with E-state index in [2.05, 4.69) is 38.0 Å². The van der Waals surface area contributed by atoms with Gasteiger partial charge < -0.3 is 35.8 Å². The molecule has 0 aliphatic carbocycles. The zero-order valence-corrected chi connectivity index (χ0v) is 29.8. The summed E-state index contributed by atoms with van der Waals surface area (Å²) in [5.74, 6) is 1.73. The minimum absolute atomic E-state index is 0. The van der Waals surface area contributed by atoms with Crippen molar-refractivity contribution in [1.29, 1.82) is 0 Å². The molecule has 7 nitrogen and oxygen atoms in total. The van der Waals surface area contributed by atoms with Crippen LogP contribution in [0.4, 0.5) is 0 Å². The van der Waals surface area contributed by atoms with Crippen LogP contribution < -0.4 is 17.1 Å². The first-order chi connectivity index (χ1) is 20.5. The molecule has 9 heteroatoms. The number of aromatic nitrogens is 2. The number of hydrogen-bond donors (Lipinski definition) is 0. The Balaban J connectivity index is 0.0000176. The maximum absolute atomic E-state index is 6.02. The number of ether oxygens (including phenoxy) is 4. The summed E-state index contributed by atoms with van der Waals surface area (Å²) in [7, 11) is 6.51. The van der Waals surface area contributed by atoms with Crippen molar-refractivity contribution in [3.05, 3.63) is 18.5 Å². The first-order valence-electron chi connectivity index (χ1n) is 17.1. The molecule has 1 aromatic rings. The van der Waals surface area contributed by atoms with Crippen molar-refractivity contribution in [1.82, 2.24) is 9.97 Å². The Bertz CT molecular complexity index is 685. The van der Waals surface area contributed by atoms with Crippen molar-refractivity contribution in [2.75, 3.05) is 78.8 Å². The van der Waals surface area contributed by atoms with Crippen LogP contribution in [0.2, 0.25) is 0 Å². The number of hydrogen-bond acceptors (Lipinski definition) is 7. The van der Waals surface area contributed by atoms with Crippen molar-refractivity contribution in [3.8, 4) is 6.01 Å². The van der Waals surface area contributed by atoms with Gasteiger partial charge in [0.05, 0.1) is 54.2 Å². The lowest BCUT2D eigenvalue weighted by atomic mass is 10.0. The van der Waals surface area contributed by atoms with E-state index in [1.165, 1.54) is 96.3 Å². The summed E-state index contributed by atoms with van der Waals surface area (Å²) in [4.78, 5) is 8.44. The van der Waals surface area contributed by atoms with Gasteiger partial charge in [0.25, 0.3) is 0 Å². The van der Waals surface area contributed by atoms with Crippen molar-refractivity contribution in [2.24, 2.45) is 0 Å². The molecule has 0 spiro atoms. The highest BCUT2D eigenvalue weighted by Crippen LogP contribution is 2.14. The minimum atomic E-state index is -0.0719. The van der Waals surface area contributed by atoms with E-state index in [1.807, 2.05) is 11.8 Å². The summed E-state index contributed by atoms with van der Waals surface area (Å²) in [6.45, 7) is 7.40. The van der Waals surface area contributed by atoms with Crippen LogP contribution in [-0.4, -0.2) is 99.4 Å². The van der Waals surface area contributed by atoms with Gasteiger partial charge in [0.2, 0.25) is 0 Å². The summed E-state index contributed by atoms with van der Waals surface area (Å²) in [5, 5.41) is 0. The fourth-order valence-corrected chi connectivity index (χ4v) is 5.40. The smallest absolute Gasteiger partial charge is 0.316 e. The number of likely N-dealkylation sites (N-methyl/N-ethyl adjacent to an activating group) is 1. The lowest BCUT2D eigenvalue weighted by Crippen LogP contribution is -3.00. The highest BCUT2D eigenvalue weighted by atomic mass is 35.5. The molecule has 1 aromatic heterocycles. The molecule has 0 aliphatic rings. The van der Waals surface area contributed by atoms with Gasteiger partial charge in [-0.25, -0.2) is 9.97 Å². The average Bonchev–Trinajstić information content (AvgIpc) is 2.97. The standard InChI is InChI=1S/C34H66N3O4S.ClH/c1-5-6-7-8-9-10-11-12-13-14-15-16-17-18-19-20-25-40-31-33(41-34-35-22-21-23-36-34)32-42-30-29-39-28-27-38-26-24-37(2,3)4;/h21-23,33H,5-20,24-32H2,1-4H3;1H/q+1;/p-1. The van der Waals surface area contributed by atoms with Crippen LogP contribution in [0.5, 0.6) is 6.01 Å². The topological polar surface area (TPSA) is 62.7 Å². The van der Waals surface area contributed by atoms with E-state index < -0.39 is 0 Å². The van der Waals surface area contributed by atoms with Crippen LogP contribution in [-0.2, 0) is 14.2 Å². The number of halogens is 1. The molecule has 0 aliphatic heterocycles. The third-order valence-corrected chi connectivity index (χ3v) is 8.28. The predicted octanol–water partition coefficient (Wildman–Crippen LogP) is 4.98. The molecule has 1 heterocycles. The van der Waals surface area contributed by atoms with Crippen LogP contribution in [0.25, 0.3) is 0 Å². The molecule has 1 rings (SSSR count). The van der Waals surface area contributed by atoms with Gasteiger partial charge in [-0.3, -0.25) is 0 Å². The largest absolute Gasteiger partial charge is 1.00 e. The molecule has 0 saturated heterocycles. The molecule has 0 N–H and O–H groups in total. The van der Waals surface area contributed by atoms with E-state index in [0.29, 0.717) is 32.4 Å². The van der Waals surface area contributed by atoms with Crippen LogP contribution in [0.1, 0.15) is 110 Å². The Morgan fingerprint density at radius 2 is 1.16 bits per heavy atom. The number of unbranched alkanes of at least 4 members (excludes halogenated alkanes) is 15. The summed E-state index contributed by atoms with van der Waals surface area (Å²) in [6.07, 6.45) is 25.4. The molecule has 254 valence electrons. The maximum atomic E-state index is 6.02. The number of rotatable bonds is 32. The number of quaternary nitrogens is 1. The molecule has 0 fully saturated rings. The molecule has 1 unspecified atom stereocenters. The Labute approximate surface area is 276 Å². The zero-order chi connectivity index (χ0) is 30.4. The van der Waals surface area contributed by atoms with Crippen molar-refractivity contribution >= 4 is 11.8 Å². The Kier molecular flexibility index (Phi) is 30.9. The highest BCUT2D eigenvalue weighted by Gasteiger charge is 2.13. The summed E-state index contributed by atoms with van der Waals surface area (Å²) >= 11 is 1.81. The maximum Gasteiger partial charge on any atom is 0.316 e. The highest BCUT2D eigenvalue weighted by molar-refractivity contribution is 7.99. The van der Waals surface area contributed by atoms with E-state index in [0.717, 1.165) is 42.2 Å². The quantitative estimate of drug-likeness (QED) is 0.0808. The van der Waals surface area contributed by atoms with Gasteiger partial charge in [-0.1, -0.05) is 103 Å². The molecule has 0 radical (unpaired) electrons. The van der Waals surface area contributed by atoms with E-state index in [-0.39, 0.29) is 18.5 Å². The molecule has 0 amide bonds. The van der Waals surface area contributed by atoms with Gasteiger partial charge in [-0.15, -0.1) is 0 Å². The second-order valence-electron chi connectivity index (χ2n) is 12.5. The van der Waals surface area contributed by atoms with Gasteiger partial charge in [0.15, 0.2) is 0 Å². The Morgan fingerprint density at radius 3 is 1.70 bits per heavy atom. The van der Waals surface area contributed by atoms with Crippen LogP contribution >= 0.6 is 11.8 Å². The molecule has 0 aromatic carbocycles. The normalized spacial score (nSPS) is 12.3. The molecule has 43 heavy (non-hydrogen) atoms. The first-order valence-corrected chi connectivity index (χ1v) is 18.2. The summed E-state index contributed by atoms with van der Waals surface area (Å²) in [5.41, 5.74) is 0. The third kappa shape index (κ3) is 31.1. The van der Waals surface area contributed by atoms with Gasteiger partial charge in [-0.05, 0) is 12.5 Å². The van der Waals surface area contributed by atoms with Crippen LogP contribution in [0, 0.1) is 0 Å². The van der Waals surface area contributed by atoms with Crippen molar-refractivity contribution in [2.45, 2.75) is 116 Å². The molecule has 1 atom stereocenters. The lowest BCUT2D eigenvalue weighted by molar-refractivity contribution is -0.870. The molecule has 0 saturated carbocycles. The fraction of sp³-hybridized carbons (Fsp3) is 0.882. The molecular formula is C34H66ClN3O4S. The second-order valence-corrected chi connectivity index (χ2v) is 13.6. The van der Waals surface area contributed by atoms with Gasteiger partial charge >= 0.3 is 6.01 Å². The lowest BCUT2D eigenvalue weighted by Gasteiger charge is -2.23. The van der Waals surface area contributed by atoms with E-state index in [4.69, 9.17) is 18.9 Å². The molecular weight excluding hydrogens is 582 g/mol. The van der Waals surface area contributed by atoms with Crippen LogP contribution in [0.15, 0.2) is 18.5 Å². The summed E-state index contributed by atoms with van der Waals surface area (Å²) < 4.78 is 24.3. The van der Waals surface area contributed by atoms with E-state index in [9.17, 15) is 0 Å². The van der Waals surface area contributed by atoms with E-state index >= 15 is 0 Å². The van der Waals surface area contributed by atoms with E-state index in [1.54, 1.807) is 18.5 Å². The Morgan fingerprint density at radius 1 is 0.651 bits per heavy atom.